The molecule has 3 N–H and O–H groups in total. The lowest BCUT2D eigenvalue weighted by Crippen LogP contribution is -2.43. The highest BCUT2D eigenvalue weighted by Crippen LogP contribution is 2.36. The number of rotatable bonds is 8. The summed E-state index contributed by atoms with van der Waals surface area (Å²) >= 11 is 0. The van der Waals surface area contributed by atoms with Crippen molar-refractivity contribution in [1.29, 1.82) is 0 Å². The van der Waals surface area contributed by atoms with Gasteiger partial charge in [0.25, 0.3) is 0 Å². The number of nitrogens with one attached hydrogen (secondary N) is 3. The van der Waals surface area contributed by atoms with Crippen LogP contribution in [-0.2, 0) is 10.0 Å². The first-order valence-electron chi connectivity index (χ1n) is 10.4. The van der Waals surface area contributed by atoms with Crippen molar-refractivity contribution < 1.29 is 17.2 Å². The number of hydrogen-bond donors (Lipinski definition) is 3. The molecule has 0 fully saturated rings. The quantitative estimate of drug-likeness (QED) is 0.412. The maximum atomic E-state index is 14.9. The Morgan fingerprint density at radius 2 is 2.00 bits per heavy atom. The molecule has 0 saturated carbocycles. The minimum absolute atomic E-state index is 0.0623. The lowest BCUT2D eigenvalue weighted by atomic mass is 9.88. The Kier molecular flexibility index (Phi) is 7.00. The van der Waals surface area contributed by atoms with Crippen LogP contribution < -0.4 is 10.0 Å². The molecule has 3 rings (SSSR count). The van der Waals surface area contributed by atoms with Gasteiger partial charge in [-0.3, -0.25) is 0 Å². The van der Waals surface area contributed by atoms with Crippen molar-refractivity contribution in [3.8, 4) is 11.3 Å². The van der Waals surface area contributed by atoms with Crippen LogP contribution in [-0.4, -0.2) is 41.7 Å². The number of H-pyrrole nitrogens is 1. The average molecular weight is 477 g/mol. The van der Waals surface area contributed by atoms with Gasteiger partial charge < -0.3 is 10.3 Å². The van der Waals surface area contributed by atoms with Gasteiger partial charge in [-0.05, 0) is 24.0 Å². The van der Waals surface area contributed by atoms with Gasteiger partial charge in [-0.25, -0.2) is 36.7 Å². The summed E-state index contributed by atoms with van der Waals surface area (Å²) in [4.78, 5) is 14.6. The van der Waals surface area contributed by atoms with Gasteiger partial charge in [-0.2, -0.15) is 0 Å². The highest BCUT2D eigenvalue weighted by Gasteiger charge is 2.31. The van der Waals surface area contributed by atoms with E-state index in [0.29, 0.717) is 29.6 Å². The largest absolute Gasteiger partial charge is 0.363 e. The molecule has 3 aromatic rings. The van der Waals surface area contributed by atoms with E-state index in [-0.39, 0.29) is 23.0 Å². The fraction of sp³-hybridized carbons (Fsp3) is 0.409. The Balaban J connectivity index is 2.06. The first-order valence-corrected chi connectivity index (χ1v) is 12.0. The van der Waals surface area contributed by atoms with Crippen LogP contribution in [0.5, 0.6) is 0 Å². The number of sulfonamides is 1. The van der Waals surface area contributed by atoms with E-state index in [9.17, 15) is 17.2 Å². The van der Waals surface area contributed by atoms with Gasteiger partial charge in [0.2, 0.25) is 15.7 Å². The summed E-state index contributed by atoms with van der Waals surface area (Å²) in [5.41, 5.74) is 0.279. The van der Waals surface area contributed by atoms with Crippen molar-refractivity contribution in [1.82, 2.24) is 19.7 Å². The summed E-state index contributed by atoms with van der Waals surface area (Å²) < 4.78 is 56.2. The molecule has 3 aromatic heterocycles. The van der Waals surface area contributed by atoms with Crippen molar-refractivity contribution in [3.63, 3.8) is 0 Å². The van der Waals surface area contributed by atoms with Crippen molar-refractivity contribution in [3.05, 3.63) is 47.6 Å². The Morgan fingerprint density at radius 1 is 1.27 bits per heavy atom. The van der Waals surface area contributed by atoms with Crippen molar-refractivity contribution >= 4 is 32.6 Å². The topological polar surface area (TPSA) is 104 Å². The van der Waals surface area contributed by atoms with E-state index in [1.807, 2.05) is 27.7 Å². The molecule has 176 valence electrons. The third kappa shape index (κ3) is 5.64. The highest BCUT2D eigenvalue weighted by molar-refractivity contribution is 7.89. The predicted molar refractivity (Wildman–Crippen MR) is 124 cm³/mol. The van der Waals surface area contributed by atoms with Crippen LogP contribution in [0.2, 0.25) is 0 Å². The van der Waals surface area contributed by atoms with Gasteiger partial charge in [0.05, 0.1) is 24.2 Å². The molecule has 0 bridgehead atoms. The molecule has 0 aliphatic rings. The lowest BCUT2D eigenvalue weighted by molar-refractivity contribution is 0.357. The SMILES string of the molecule is [C-]#[N+]c1cc(F)c(N[C@H](CS(=O)(=O)NCCC)C(C)(C)C)nc1-c1c[nH]c2ncc(F)cc12. The molecule has 0 aliphatic carbocycles. The molecule has 0 aliphatic heterocycles. The molecule has 0 radical (unpaired) electrons. The summed E-state index contributed by atoms with van der Waals surface area (Å²) in [5, 5.41) is 3.32. The zero-order valence-electron chi connectivity index (χ0n) is 18.8. The molecule has 3 heterocycles. The van der Waals surface area contributed by atoms with Crippen molar-refractivity contribution in [2.75, 3.05) is 17.6 Å². The second-order valence-corrected chi connectivity index (χ2v) is 10.6. The number of anilines is 1. The third-order valence-electron chi connectivity index (χ3n) is 5.14. The van der Waals surface area contributed by atoms with E-state index in [0.717, 1.165) is 12.3 Å². The zero-order valence-corrected chi connectivity index (χ0v) is 19.6. The molecule has 0 unspecified atom stereocenters. The summed E-state index contributed by atoms with van der Waals surface area (Å²) in [5.74, 6) is -1.84. The van der Waals surface area contributed by atoms with Crippen LogP contribution in [0, 0.1) is 23.6 Å². The second kappa shape index (κ2) is 9.41. The molecule has 1 atom stereocenters. The van der Waals surface area contributed by atoms with Crippen molar-refractivity contribution in [2.45, 2.75) is 40.2 Å². The van der Waals surface area contributed by atoms with E-state index in [1.165, 1.54) is 12.3 Å². The highest BCUT2D eigenvalue weighted by atomic mass is 32.2. The molecule has 0 spiro atoms. The Morgan fingerprint density at radius 3 is 2.64 bits per heavy atom. The van der Waals surface area contributed by atoms with Gasteiger partial charge in [0.1, 0.15) is 11.5 Å². The normalized spacial score (nSPS) is 13.1. The van der Waals surface area contributed by atoms with E-state index in [2.05, 4.69) is 29.8 Å². The second-order valence-electron chi connectivity index (χ2n) is 8.79. The molecular formula is C22H26F2N6O2S. The fourth-order valence-electron chi connectivity index (χ4n) is 3.25. The van der Waals surface area contributed by atoms with Gasteiger partial charge in [-0.1, -0.05) is 27.7 Å². The van der Waals surface area contributed by atoms with Crippen LogP contribution in [0.15, 0.2) is 24.5 Å². The average Bonchev–Trinajstić information content (AvgIpc) is 3.14. The van der Waals surface area contributed by atoms with Crippen molar-refractivity contribution in [2.24, 2.45) is 5.41 Å². The number of aromatic nitrogens is 3. The van der Waals surface area contributed by atoms with Gasteiger partial charge in [-0.15, -0.1) is 0 Å². The molecule has 0 saturated heterocycles. The van der Waals surface area contributed by atoms with Crippen LogP contribution in [0.1, 0.15) is 34.1 Å². The van der Waals surface area contributed by atoms with E-state index in [1.54, 1.807) is 0 Å². The van der Waals surface area contributed by atoms with Gasteiger partial charge in [0, 0.05) is 29.7 Å². The Hall–Kier alpha value is -3.10. The van der Waals surface area contributed by atoms with Crippen LogP contribution in [0.3, 0.4) is 0 Å². The summed E-state index contributed by atoms with van der Waals surface area (Å²) in [6.07, 6.45) is 3.23. The number of nitrogens with zero attached hydrogens (tertiary/aromatic N) is 3. The summed E-state index contributed by atoms with van der Waals surface area (Å²) in [6.45, 7) is 15.1. The maximum Gasteiger partial charge on any atom is 0.216 e. The smallest absolute Gasteiger partial charge is 0.216 e. The minimum Gasteiger partial charge on any atom is -0.363 e. The number of pyridine rings is 2. The molecule has 33 heavy (non-hydrogen) atoms. The summed E-state index contributed by atoms with van der Waals surface area (Å²) in [6, 6.07) is 1.60. The first kappa shape index (κ1) is 24.5. The van der Waals surface area contributed by atoms with Crippen LogP contribution in [0.25, 0.3) is 27.1 Å². The molecule has 0 amide bonds. The predicted octanol–water partition coefficient (Wildman–Crippen LogP) is 4.61. The van der Waals surface area contributed by atoms with Gasteiger partial charge >= 0.3 is 0 Å². The third-order valence-corrected chi connectivity index (χ3v) is 6.56. The van der Waals surface area contributed by atoms with E-state index >= 15 is 0 Å². The maximum absolute atomic E-state index is 14.9. The molecule has 11 heteroatoms. The standard InChI is InChI=1S/C22H26F2N6O2S/c1-6-7-28-33(31,32)12-18(22(2,3)4)29-21-16(24)9-17(25-5)19(30-21)15-11-27-20-14(15)8-13(23)10-26-20/h8-11,18,28H,6-7,12H2,1-4H3,(H,26,27)(H,29,30)/t18-/m1/s1. The molecule has 8 nitrogen and oxygen atoms in total. The fourth-order valence-corrected chi connectivity index (χ4v) is 4.90. The Bertz CT molecular complexity index is 1310. The monoisotopic (exact) mass is 476 g/mol. The summed E-state index contributed by atoms with van der Waals surface area (Å²) in [7, 11) is -3.62. The number of fused-ring (bicyclic) bond motifs is 1. The number of halogens is 2. The number of hydrogen-bond acceptors (Lipinski definition) is 5. The van der Waals surface area contributed by atoms with Crippen LogP contribution in [0.4, 0.5) is 20.3 Å². The molecular weight excluding hydrogens is 450 g/mol. The zero-order chi connectivity index (χ0) is 24.4. The van der Waals surface area contributed by atoms with E-state index < -0.39 is 33.1 Å². The number of aromatic amines is 1. The van der Waals surface area contributed by atoms with Crippen LogP contribution >= 0.6 is 0 Å². The first-order chi connectivity index (χ1) is 15.4. The van der Waals surface area contributed by atoms with Gasteiger partial charge in [0.15, 0.2) is 11.6 Å². The van der Waals surface area contributed by atoms with E-state index in [4.69, 9.17) is 6.57 Å². The lowest BCUT2D eigenvalue weighted by Gasteiger charge is -2.32. The molecule has 0 aromatic carbocycles. The minimum atomic E-state index is -3.62. The Labute approximate surface area is 191 Å².